The molecule has 3 amide bonds. The van der Waals surface area contributed by atoms with Crippen LogP contribution in [-0.4, -0.2) is 40.0 Å². The Morgan fingerprint density at radius 1 is 1.07 bits per heavy atom. The van der Waals surface area contributed by atoms with Crippen molar-refractivity contribution in [1.82, 2.24) is 4.90 Å². The molecule has 0 aliphatic carbocycles. The number of carbonyl (C=O) groups excluding carboxylic acids is 3. The van der Waals surface area contributed by atoms with Gasteiger partial charge in [0.15, 0.2) is 0 Å². The van der Waals surface area contributed by atoms with Gasteiger partial charge in [0, 0.05) is 17.8 Å². The van der Waals surface area contributed by atoms with E-state index in [1.165, 1.54) is 9.80 Å². The molecule has 2 aromatic carbocycles. The van der Waals surface area contributed by atoms with Gasteiger partial charge in [-0.2, -0.15) is 0 Å². The quantitative estimate of drug-likeness (QED) is 0.585. The molecule has 152 valence electrons. The zero-order valence-electron chi connectivity index (χ0n) is 16.5. The van der Waals surface area contributed by atoms with Crippen molar-refractivity contribution >= 4 is 63.0 Å². The maximum absolute atomic E-state index is 13.3. The predicted molar refractivity (Wildman–Crippen MR) is 123 cm³/mol. The summed E-state index contributed by atoms with van der Waals surface area (Å²) in [6.07, 6.45) is 0. The highest BCUT2D eigenvalue weighted by Gasteiger charge is 2.41. The SMILES string of the molecule is CCN1C(=O)/C(=C2\C(=O)N(CC(=O)Nc3cccc(C)c3)c3ccccc32)SC1=S. The van der Waals surface area contributed by atoms with E-state index in [0.29, 0.717) is 38.3 Å². The lowest BCUT2D eigenvalue weighted by atomic mass is 10.1. The van der Waals surface area contributed by atoms with Crippen molar-refractivity contribution < 1.29 is 14.4 Å². The second kappa shape index (κ2) is 8.04. The zero-order chi connectivity index (χ0) is 21.4. The molecule has 4 rings (SSSR count). The minimum atomic E-state index is -0.368. The average Bonchev–Trinajstić information content (AvgIpc) is 3.14. The Bertz CT molecular complexity index is 1130. The molecule has 0 saturated carbocycles. The van der Waals surface area contributed by atoms with Gasteiger partial charge in [-0.05, 0) is 37.6 Å². The van der Waals surface area contributed by atoms with Crippen LogP contribution >= 0.6 is 24.0 Å². The Morgan fingerprint density at radius 3 is 2.53 bits per heavy atom. The lowest BCUT2D eigenvalue weighted by Crippen LogP contribution is -2.35. The Kier molecular flexibility index (Phi) is 5.44. The third-order valence-electron chi connectivity index (χ3n) is 4.92. The van der Waals surface area contributed by atoms with Crippen LogP contribution in [0.3, 0.4) is 0 Å². The van der Waals surface area contributed by atoms with Gasteiger partial charge < -0.3 is 5.32 Å². The first-order valence-electron chi connectivity index (χ1n) is 9.46. The van der Waals surface area contributed by atoms with E-state index in [4.69, 9.17) is 12.2 Å². The van der Waals surface area contributed by atoms with E-state index < -0.39 is 0 Å². The summed E-state index contributed by atoms with van der Waals surface area (Å²) < 4.78 is 0.436. The summed E-state index contributed by atoms with van der Waals surface area (Å²) >= 11 is 6.43. The van der Waals surface area contributed by atoms with Crippen molar-refractivity contribution in [3.05, 3.63) is 64.6 Å². The number of anilines is 2. The van der Waals surface area contributed by atoms with Crippen molar-refractivity contribution in [2.45, 2.75) is 13.8 Å². The molecular formula is C22H19N3O3S2. The fourth-order valence-corrected chi connectivity index (χ4v) is 5.00. The van der Waals surface area contributed by atoms with Crippen LogP contribution in [0, 0.1) is 6.92 Å². The number of likely N-dealkylation sites (N-methyl/N-ethyl adjacent to an activating group) is 1. The van der Waals surface area contributed by atoms with Crippen molar-refractivity contribution in [2.75, 3.05) is 23.3 Å². The summed E-state index contributed by atoms with van der Waals surface area (Å²) in [7, 11) is 0. The average molecular weight is 438 g/mol. The molecule has 0 bridgehead atoms. The van der Waals surface area contributed by atoms with E-state index in [2.05, 4.69) is 5.32 Å². The van der Waals surface area contributed by atoms with Crippen molar-refractivity contribution in [1.29, 1.82) is 0 Å². The van der Waals surface area contributed by atoms with Crippen LogP contribution in [0.1, 0.15) is 18.1 Å². The van der Waals surface area contributed by atoms with Crippen LogP contribution in [0.25, 0.3) is 5.57 Å². The standard InChI is InChI=1S/C22H19N3O3S2/c1-3-24-21(28)19(30-22(24)29)18-15-9-4-5-10-16(15)25(20(18)27)12-17(26)23-14-8-6-7-13(2)11-14/h4-11H,3,12H2,1-2H3,(H,23,26)/b19-18+. The number of nitrogens with zero attached hydrogens (tertiary/aromatic N) is 2. The maximum atomic E-state index is 13.3. The van der Waals surface area contributed by atoms with E-state index in [1.54, 1.807) is 24.3 Å². The maximum Gasteiger partial charge on any atom is 0.266 e. The van der Waals surface area contributed by atoms with Gasteiger partial charge in [0.05, 0.1) is 16.2 Å². The van der Waals surface area contributed by atoms with E-state index in [-0.39, 0.29) is 24.3 Å². The van der Waals surface area contributed by atoms with E-state index in [0.717, 1.165) is 17.3 Å². The molecule has 1 N–H and O–H groups in total. The third-order valence-corrected chi connectivity index (χ3v) is 6.37. The summed E-state index contributed by atoms with van der Waals surface area (Å²) in [6, 6.07) is 14.6. The Hall–Kier alpha value is -2.97. The lowest BCUT2D eigenvalue weighted by molar-refractivity contribution is -0.122. The Labute approximate surface area is 183 Å². The molecule has 2 heterocycles. The van der Waals surface area contributed by atoms with Gasteiger partial charge in [-0.25, -0.2) is 0 Å². The molecule has 0 spiro atoms. The normalized spacial score (nSPS) is 18.3. The minimum Gasteiger partial charge on any atom is -0.325 e. The van der Waals surface area contributed by atoms with Gasteiger partial charge in [-0.15, -0.1) is 0 Å². The molecule has 0 aromatic heterocycles. The molecule has 0 unspecified atom stereocenters. The number of benzene rings is 2. The third kappa shape index (κ3) is 3.53. The summed E-state index contributed by atoms with van der Waals surface area (Å²) in [4.78, 5) is 42.0. The van der Waals surface area contributed by atoms with Gasteiger partial charge in [-0.3, -0.25) is 24.2 Å². The fraction of sp³-hybridized carbons (Fsp3) is 0.182. The highest BCUT2D eigenvalue weighted by molar-refractivity contribution is 8.26. The lowest BCUT2D eigenvalue weighted by Gasteiger charge is -2.17. The van der Waals surface area contributed by atoms with Crippen LogP contribution in [0.4, 0.5) is 11.4 Å². The summed E-state index contributed by atoms with van der Waals surface area (Å²) in [5.41, 5.74) is 3.25. The first-order valence-corrected chi connectivity index (χ1v) is 10.7. The first kappa shape index (κ1) is 20.3. The molecule has 1 fully saturated rings. The van der Waals surface area contributed by atoms with Gasteiger partial charge in [0.25, 0.3) is 11.8 Å². The number of hydrogen-bond acceptors (Lipinski definition) is 5. The van der Waals surface area contributed by atoms with Crippen LogP contribution < -0.4 is 10.2 Å². The number of nitrogens with one attached hydrogen (secondary N) is 1. The molecule has 8 heteroatoms. The molecule has 2 aromatic rings. The van der Waals surface area contributed by atoms with Crippen LogP contribution in [-0.2, 0) is 14.4 Å². The van der Waals surface area contributed by atoms with E-state index in [1.807, 2.05) is 38.1 Å². The van der Waals surface area contributed by atoms with Crippen molar-refractivity contribution in [2.24, 2.45) is 0 Å². The Morgan fingerprint density at radius 2 is 1.83 bits per heavy atom. The minimum absolute atomic E-state index is 0.151. The molecule has 0 atom stereocenters. The number of amides is 3. The van der Waals surface area contributed by atoms with Gasteiger partial charge in [-0.1, -0.05) is 54.3 Å². The number of hydrogen-bond donors (Lipinski definition) is 1. The highest BCUT2D eigenvalue weighted by Crippen LogP contribution is 2.44. The van der Waals surface area contributed by atoms with Crippen LogP contribution in [0.15, 0.2) is 53.4 Å². The number of para-hydroxylation sites is 1. The number of aryl methyl sites for hydroxylation is 1. The van der Waals surface area contributed by atoms with Gasteiger partial charge in [0.2, 0.25) is 5.91 Å². The molecule has 2 aliphatic rings. The number of rotatable bonds is 4. The van der Waals surface area contributed by atoms with Gasteiger partial charge >= 0.3 is 0 Å². The summed E-state index contributed by atoms with van der Waals surface area (Å²) in [5.74, 6) is -0.949. The summed E-state index contributed by atoms with van der Waals surface area (Å²) in [6.45, 7) is 4.07. The molecule has 2 aliphatic heterocycles. The largest absolute Gasteiger partial charge is 0.325 e. The predicted octanol–water partition coefficient (Wildman–Crippen LogP) is 3.57. The van der Waals surface area contributed by atoms with Crippen LogP contribution in [0.5, 0.6) is 0 Å². The first-order chi connectivity index (χ1) is 14.4. The Balaban J connectivity index is 1.66. The van der Waals surface area contributed by atoms with E-state index in [9.17, 15) is 14.4 Å². The monoisotopic (exact) mass is 437 g/mol. The van der Waals surface area contributed by atoms with Crippen molar-refractivity contribution in [3.63, 3.8) is 0 Å². The second-order valence-corrected chi connectivity index (χ2v) is 8.59. The number of carbonyl (C=O) groups is 3. The fourth-order valence-electron chi connectivity index (χ4n) is 3.55. The molecule has 0 radical (unpaired) electrons. The highest BCUT2D eigenvalue weighted by atomic mass is 32.2. The second-order valence-electron chi connectivity index (χ2n) is 6.95. The van der Waals surface area contributed by atoms with E-state index >= 15 is 0 Å². The zero-order valence-corrected chi connectivity index (χ0v) is 18.1. The van der Waals surface area contributed by atoms with Crippen LogP contribution in [0.2, 0.25) is 0 Å². The number of thioether (sulfide) groups is 1. The molecule has 30 heavy (non-hydrogen) atoms. The molecular weight excluding hydrogens is 418 g/mol. The molecule has 1 saturated heterocycles. The smallest absolute Gasteiger partial charge is 0.266 e. The number of thiocarbonyl (C=S) groups is 1. The summed E-state index contributed by atoms with van der Waals surface area (Å²) in [5, 5.41) is 2.83. The van der Waals surface area contributed by atoms with Crippen molar-refractivity contribution in [3.8, 4) is 0 Å². The topological polar surface area (TPSA) is 69.7 Å². The van der Waals surface area contributed by atoms with Gasteiger partial charge in [0.1, 0.15) is 10.9 Å². The number of fused-ring (bicyclic) bond motifs is 1. The molecule has 6 nitrogen and oxygen atoms in total.